The average Bonchev–Trinajstić information content (AvgIpc) is 2.30. The largest absolute Gasteiger partial charge is 0.478 e. The van der Waals surface area contributed by atoms with Crippen molar-refractivity contribution in [1.29, 1.82) is 0 Å². The molecule has 1 aromatic carbocycles. The molecule has 0 aliphatic rings. The van der Waals surface area contributed by atoms with Gasteiger partial charge >= 0.3 is 5.97 Å². The van der Waals surface area contributed by atoms with E-state index >= 15 is 0 Å². The van der Waals surface area contributed by atoms with Crippen LogP contribution >= 0.6 is 12.6 Å². The van der Waals surface area contributed by atoms with E-state index in [1.54, 1.807) is 13.0 Å². The number of carboxylic acid groups (broad SMARTS) is 1. The molecule has 0 amide bonds. The molecule has 0 bridgehead atoms. The zero-order chi connectivity index (χ0) is 12.7. The standard InChI is InChI=1S/C14H18O2S/c1-11(14(15)16)5-3-2-4-6-12-7-9-13(17)10-8-12/h5,7-10,17H,2-4,6H2,1H3,(H,15,16)/b11-5+. The lowest BCUT2D eigenvalue weighted by molar-refractivity contribution is -0.132. The number of carboxylic acids is 1. The number of benzene rings is 1. The number of thiol groups is 1. The van der Waals surface area contributed by atoms with Crippen molar-refractivity contribution in [2.24, 2.45) is 0 Å². The fourth-order valence-corrected chi connectivity index (χ4v) is 1.69. The van der Waals surface area contributed by atoms with Gasteiger partial charge in [-0.05, 0) is 50.3 Å². The fourth-order valence-electron chi connectivity index (χ4n) is 1.54. The van der Waals surface area contributed by atoms with E-state index < -0.39 is 5.97 Å². The van der Waals surface area contributed by atoms with Gasteiger partial charge in [-0.2, -0.15) is 0 Å². The van der Waals surface area contributed by atoms with Gasteiger partial charge in [0, 0.05) is 10.5 Å². The first-order chi connectivity index (χ1) is 8.09. The Morgan fingerprint density at radius 1 is 1.29 bits per heavy atom. The first kappa shape index (κ1) is 13.8. The molecule has 1 N–H and O–H groups in total. The minimum atomic E-state index is -0.825. The number of aryl methyl sites for hydroxylation is 1. The summed E-state index contributed by atoms with van der Waals surface area (Å²) >= 11 is 4.23. The molecule has 0 fully saturated rings. The van der Waals surface area contributed by atoms with Crippen LogP contribution in [0.1, 0.15) is 31.7 Å². The molecule has 0 atom stereocenters. The highest BCUT2D eigenvalue weighted by Crippen LogP contribution is 2.11. The second-order valence-electron chi connectivity index (χ2n) is 4.10. The molecule has 0 saturated carbocycles. The molecule has 1 rings (SSSR count). The summed E-state index contributed by atoms with van der Waals surface area (Å²) in [4.78, 5) is 11.5. The van der Waals surface area contributed by atoms with E-state index in [2.05, 4.69) is 24.8 Å². The summed E-state index contributed by atoms with van der Waals surface area (Å²) in [6, 6.07) is 8.15. The summed E-state index contributed by atoms with van der Waals surface area (Å²) in [5, 5.41) is 8.67. The second kappa shape index (κ2) is 7.17. The summed E-state index contributed by atoms with van der Waals surface area (Å²) in [6.07, 6.45) is 5.76. The van der Waals surface area contributed by atoms with Gasteiger partial charge in [-0.1, -0.05) is 18.2 Å². The molecular weight excluding hydrogens is 232 g/mol. The van der Waals surface area contributed by atoms with Crippen LogP contribution < -0.4 is 0 Å². The molecule has 0 unspecified atom stereocenters. The van der Waals surface area contributed by atoms with E-state index in [0.717, 1.165) is 30.6 Å². The number of carbonyl (C=O) groups is 1. The number of rotatable bonds is 6. The maximum absolute atomic E-state index is 10.5. The number of unbranched alkanes of at least 4 members (excludes halogenated alkanes) is 2. The predicted octanol–water partition coefficient (Wildman–Crippen LogP) is 3.72. The average molecular weight is 250 g/mol. The minimum absolute atomic E-state index is 0.435. The van der Waals surface area contributed by atoms with Crippen molar-refractivity contribution in [1.82, 2.24) is 0 Å². The molecule has 0 aromatic heterocycles. The molecule has 92 valence electrons. The third-order valence-corrected chi connectivity index (χ3v) is 2.94. The Hall–Kier alpha value is -1.22. The van der Waals surface area contributed by atoms with Crippen LogP contribution in [-0.4, -0.2) is 11.1 Å². The van der Waals surface area contributed by atoms with Gasteiger partial charge in [0.25, 0.3) is 0 Å². The highest BCUT2D eigenvalue weighted by atomic mass is 32.1. The van der Waals surface area contributed by atoms with E-state index in [1.165, 1.54) is 5.56 Å². The Bertz CT molecular complexity index is 393. The monoisotopic (exact) mass is 250 g/mol. The third-order valence-electron chi connectivity index (χ3n) is 2.64. The number of hydrogen-bond acceptors (Lipinski definition) is 2. The van der Waals surface area contributed by atoms with E-state index in [9.17, 15) is 4.79 Å². The summed E-state index contributed by atoms with van der Waals surface area (Å²) in [6.45, 7) is 1.63. The van der Waals surface area contributed by atoms with Crippen LogP contribution in [0.5, 0.6) is 0 Å². The lowest BCUT2D eigenvalue weighted by Crippen LogP contribution is -1.95. The van der Waals surface area contributed by atoms with E-state index in [0.29, 0.717) is 5.57 Å². The van der Waals surface area contributed by atoms with Crippen LogP contribution in [0.4, 0.5) is 0 Å². The SMILES string of the molecule is C/C(=C\CCCCc1ccc(S)cc1)C(=O)O. The van der Waals surface area contributed by atoms with Crippen LogP contribution in [-0.2, 0) is 11.2 Å². The van der Waals surface area contributed by atoms with Crippen LogP contribution in [0.25, 0.3) is 0 Å². The van der Waals surface area contributed by atoms with Gasteiger partial charge < -0.3 is 5.11 Å². The van der Waals surface area contributed by atoms with Crippen molar-refractivity contribution in [3.8, 4) is 0 Å². The lowest BCUT2D eigenvalue weighted by atomic mass is 10.1. The van der Waals surface area contributed by atoms with Crippen molar-refractivity contribution in [2.45, 2.75) is 37.5 Å². The Balaban J connectivity index is 2.23. The normalized spacial score (nSPS) is 11.5. The Kier molecular flexibility index (Phi) is 5.84. The molecule has 17 heavy (non-hydrogen) atoms. The molecule has 2 nitrogen and oxygen atoms in total. The minimum Gasteiger partial charge on any atom is -0.478 e. The van der Waals surface area contributed by atoms with Crippen molar-refractivity contribution in [3.63, 3.8) is 0 Å². The zero-order valence-electron chi connectivity index (χ0n) is 10.0. The molecule has 0 radical (unpaired) electrons. The molecule has 3 heteroatoms. The summed E-state index contributed by atoms with van der Waals surface area (Å²) in [5.74, 6) is -0.825. The molecule has 0 aliphatic heterocycles. The Morgan fingerprint density at radius 3 is 2.53 bits per heavy atom. The van der Waals surface area contributed by atoms with Crippen molar-refractivity contribution in [2.75, 3.05) is 0 Å². The smallest absolute Gasteiger partial charge is 0.330 e. The van der Waals surface area contributed by atoms with Gasteiger partial charge in [-0.25, -0.2) is 4.79 Å². The maximum Gasteiger partial charge on any atom is 0.330 e. The molecule has 0 saturated heterocycles. The Labute approximate surface area is 108 Å². The quantitative estimate of drug-likeness (QED) is 0.459. The molecule has 1 aromatic rings. The summed E-state index contributed by atoms with van der Waals surface area (Å²) < 4.78 is 0. The zero-order valence-corrected chi connectivity index (χ0v) is 10.9. The third kappa shape index (κ3) is 5.59. The topological polar surface area (TPSA) is 37.3 Å². The fraction of sp³-hybridized carbons (Fsp3) is 0.357. The van der Waals surface area contributed by atoms with E-state index in [1.807, 2.05) is 12.1 Å². The van der Waals surface area contributed by atoms with E-state index in [-0.39, 0.29) is 0 Å². The summed E-state index contributed by atoms with van der Waals surface area (Å²) in [5.41, 5.74) is 1.74. The maximum atomic E-state index is 10.5. The van der Waals surface area contributed by atoms with Crippen LogP contribution in [0, 0.1) is 0 Å². The van der Waals surface area contributed by atoms with Gasteiger partial charge in [-0.15, -0.1) is 12.6 Å². The molecule has 0 spiro atoms. The van der Waals surface area contributed by atoms with Crippen LogP contribution in [0.3, 0.4) is 0 Å². The van der Waals surface area contributed by atoms with Crippen LogP contribution in [0.15, 0.2) is 40.8 Å². The lowest BCUT2D eigenvalue weighted by Gasteiger charge is -2.01. The predicted molar refractivity (Wildman–Crippen MR) is 72.6 cm³/mol. The molecule has 0 heterocycles. The molecular formula is C14H18O2S. The van der Waals surface area contributed by atoms with Gasteiger partial charge in [-0.3, -0.25) is 0 Å². The van der Waals surface area contributed by atoms with Gasteiger partial charge in [0.05, 0.1) is 0 Å². The van der Waals surface area contributed by atoms with Crippen molar-refractivity contribution >= 4 is 18.6 Å². The van der Waals surface area contributed by atoms with Crippen LogP contribution in [0.2, 0.25) is 0 Å². The summed E-state index contributed by atoms with van der Waals surface area (Å²) in [7, 11) is 0. The van der Waals surface area contributed by atoms with Gasteiger partial charge in [0.1, 0.15) is 0 Å². The van der Waals surface area contributed by atoms with Crippen molar-refractivity contribution in [3.05, 3.63) is 41.5 Å². The first-order valence-electron chi connectivity index (χ1n) is 5.77. The highest BCUT2D eigenvalue weighted by molar-refractivity contribution is 7.80. The van der Waals surface area contributed by atoms with E-state index in [4.69, 9.17) is 5.11 Å². The second-order valence-corrected chi connectivity index (χ2v) is 4.62. The molecule has 0 aliphatic carbocycles. The Morgan fingerprint density at radius 2 is 1.94 bits per heavy atom. The number of allylic oxidation sites excluding steroid dienone is 1. The van der Waals surface area contributed by atoms with Crippen molar-refractivity contribution < 1.29 is 9.90 Å². The van der Waals surface area contributed by atoms with Gasteiger partial charge in [0.2, 0.25) is 0 Å². The first-order valence-corrected chi connectivity index (χ1v) is 6.22. The number of hydrogen-bond donors (Lipinski definition) is 2. The van der Waals surface area contributed by atoms with Gasteiger partial charge in [0.15, 0.2) is 0 Å². The highest BCUT2D eigenvalue weighted by Gasteiger charge is 1.98. The number of aliphatic carboxylic acids is 1.